The molecule has 0 bridgehead atoms. The fourth-order valence-corrected chi connectivity index (χ4v) is 1.29. The van der Waals surface area contributed by atoms with Crippen molar-refractivity contribution in [3.05, 3.63) is 29.2 Å². The average molecular weight is 211 g/mol. The van der Waals surface area contributed by atoms with E-state index in [9.17, 15) is 0 Å². The molecule has 0 radical (unpaired) electrons. The number of fused-ring (bicyclic) bond motifs is 1. The van der Waals surface area contributed by atoms with E-state index in [-0.39, 0.29) is 0 Å². The van der Waals surface area contributed by atoms with Crippen molar-refractivity contribution in [3.63, 3.8) is 0 Å². The smallest absolute Gasteiger partial charge is 0.170 e. The minimum atomic E-state index is -0.529. The van der Waals surface area contributed by atoms with Crippen molar-refractivity contribution in [1.29, 1.82) is 0 Å². The molecule has 2 aromatic rings. The van der Waals surface area contributed by atoms with Crippen molar-refractivity contribution in [2.45, 2.75) is 19.4 Å². The predicted molar refractivity (Wildman–Crippen MR) is 55.2 cm³/mol. The Morgan fingerprint density at radius 1 is 1.43 bits per heavy atom. The van der Waals surface area contributed by atoms with Crippen LogP contribution in [0.4, 0.5) is 0 Å². The van der Waals surface area contributed by atoms with E-state index in [0.717, 1.165) is 5.65 Å². The Hall–Kier alpha value is -1.13. The maximum atomic E-state index is 5.89. The lowest BCUT2D eigenvalue weighted by molar-refractivity contribution is 0.514. The third kappa shape index (κ3) is 1.58. The summed E-state index contributed by atoms with van der Waals surface area (Å²) in [6.45, 7) is 3.73. The highest BCUT2D eigenvalue weighted by molar-refractivity contribution is 6.30. The first-order valence-corrected chi connectivity index (χ1v) is 4.66. The molecule has 5 heteroatoms. The van der Waals surface area contributed by atoms with Gasteiger partial charge < -0.3 is 5.73 Å². The van der Waals surface area contributed by atoms with Crippen LogP contribution in [0.25, 0.3) is 5.65 Å². The molecular weight excluding hydrogens is 200 g/mol. The van der Waals surface area contributed by atoms with E-state index >= 15 is 0 Å². The standard InChI is InChI=1S/C9H11ClN4/c1-9(2,11)8-12-7-4-3-6(10)5-14(7)13-8/h3-5H,11H2,1-2H3. The summed E-state index contributed by atoms with van der Waals surface area (Å²) in [5, 5.41) is 4.87. The minimum absolute atomic E-state index is 0.529. The molecule has 14 heavy (non-hydrogen) atoms. The van der Waals surface area contributed by atoms with Gasteiger partial charge in [-0.15, -0.1) is 5.10 Å². The van der Waals surface area contributed by atoms with Gasteiger partial charge in [-0.25, -0.2) is 9.50 Å². The first-order valence-electron chi connectivity index (χ1n) is 4.28. The zero-order valence-electron chi connectivity index (χ0n) is 8.03. The normalized spacial score (nSPS) is 12.3. The first kappa shape index (κ1) is 9.43. The Morgan fingerprint density at radius 3 is 2.79 bits per heavy atom. The highest BCUT2D eigenvalue weighted by Gasteiger charge is 2.19. The molecule has 0 atom stereocenters. The quantitative estimate of drug-likeness (QED) is 0.778. The van der Waals surface area contributed by atoms with Crippen LogP contribution in [0.1, 0.15) is 19.7 Å². The number of nitrogens with zero attached hydrogens (tertiary/aromatic N) is 3. The summed E-state index contributed by atoms with van der Waals surface area (Å²) in [5.74, 6) is 0.611. The molecule has 0 aliphatic heterocycles. The molecule has 0 aromatic carbocycles. The molecule has 0 aliphatic rings. The number of nitrogens with two attached hydrogens (primary N) is 1. The van der Waals surface area contributed by atoms with Crippen LogP contribution in [-0.4, -0.2) is 14.6 Å². The summed E-state index contributed by atoms with van der Waals surface area (Å²) in [6, 6.07) is 3.59. The number of pyridine rings is 1. The van der Waals surface area contributed by atoms with E-state index in [2.05, 4.69) is 10.1 Å². The van der Waals surface area contributed by atoms with Crippen LogP contribution < -0.4 is 5.73 Å². The number of aromatic nitrogens is 3. The van der Waals surface area contributed by atoms with Gasteiger partial charge in [0.05, 0.1) is 10.6 Å². The number of hydrogen-bond acceptors (Lipinski definition) is 3. The number of hydrogen-bond donors (Lipinski definition) is 1. The van der Waals surface area contributed by atoms with Crippen molar-refractivity contribution in [3.8, 4) is 0 Å². The number of rotatable bonds is 1. The monoisotopic (exact) mass is 210 g/mol. The lowest BCUT2D eigenvalue weighted by Crippen LogP contribution is -2.30. The van der Waals surface area contributed by atoms with E-state index in [1.54, 1.807) is 16.8 Å². The molecule has 0 spiro atoms. The third-order valence-electron chi connectivity index (χ3n) is 1.87. The van der Waals surface area contributed by atoms with Gasteiger partial charge in [0.25, 0.3) is 0 Å². The zero-order chi connectivity index (χ0) is 10.3. The Balaban J connectivity index is 2.63. The van der Waals surface area contributed by atoms with Crippen LogP contribution in [0.2, 0.25) is 5.02 Å². The maximum Gasteiger partial charge on any atom is 0.170 e. The van der Waals surface area contributed by atoms with Crippen LogP contribution in [0.5, 0.6) is 0 Å². The molecule has 0 aliphatic carbocycles. The van der Waals surface area contributed by atoms with E-state index in [0.29, 0.717) is 10.8 Å². The molecule has 0 fully saturated rings. The van der Waals surface area contributed by atoms with Gasteiger partial charge in [-0.05, 0) is 26.0 Å². The second kappa shape index (κ2) is 2.93. The molecule has 0 saturated carbocycles. The van der Waals surface area contributed by atoms with E-state index in [1.807, 2.05) is 19.9 Å². The summed E-state index contributed by atoms with van der Waals surface area (Å²) in [4.78, 5) is 4.29. The molecular formula is C9H11ClN4. The number of halogens is 1. The lowest BCUT2D eigenvalue weighted by Gasteiger charge is -2.12. The predicted octanol–water partition coefficient (Wildman–Crippen LogP) is 1.58. The van der Waals surface area contributed by atoms with Gasteiger partial charge in [0.15, 0.2) is 11.5 Å². The fourth-order valence-electron chi connectivity index (χ4n) is 1.13. The third-order valence-corrected chi connectivity index (χ3v) is 2.09. The van der Waals surface area contributed by atoms with Crippen molar-refractivity contribution < 1.29 is 0 Å². The van der Waals surface area contributed by atoms with Crippen LogP contribution in [0.15, 0.2) is 18.3 Å². The molecule has 2 rings (SSSR count). The molecule has 0 amide bonds. The highest BCUT2D eigenvalue weighted by Crippen LogP contribution is 2.15. The molecule has 2 heterocycles. The Kier molecular flexibility index (Phi) is 1.97. The topological polar surface area (TPSA) is 56.2 Å². The van der Waals surface area contributed by atoms with Gasteiger partial charge in [0.1, 0.15) is 0 Å². The lowest BCUT2D eigenvalue weighted by atomic mass is 10.1. The van der Waals surface area contributed by atoms with Crippen molar-refractivity contribution in [2.75, 3.05) is 0 Å². The van der Waals surface area contributed by atoms with Crippen molar-refractivity contribution >= 4 is 17.2 Å². The first-order chi connectivity index (χ1) is 6.47. The average Bonchev–Trinajstić information content (AvgIpc) is 2.45. The SMILES string of the molecule is CC(C)(N)c1nc2ccc(Cl)cn2n1. The molecule has 0 unspecified atom stereocenters. The molecule has 2 N–H and O–H groups in total. The van der Waals surface area contributed by atoms with Gasteiger partial charge in [0, 0.05) is 6.20 Å². The summed E-state index contributed by atoms with van der Waals surface area (Å²) in [5.41, 5.74) is 6.11. The molecule has 0 saturated heterocycles. The van der Waals surface area contributed by atoms with Crippen LogP contribution in [0.3, 0.4) is 0 Å². The second-order valence-corrected chi connectivity index (χ2v) is 4.24. The van der Waals surface area contributed by atoms with E-state index < -0.39 is 5.54 Å². The highest BCUT2D eigenvalue weighted by atomic mass is 35.5. The van der Waals surface area contributed by atoms with Gasteiger partial charge in [-0.2, -0.15) is 0 Å². The van der Waals surface area contributed by atoms with Crippen molar-refractivity contribution in [1.82, 2.24) is 14.6 Å². The van der Waals surface area contributed by atoms with Crippen LogP contribution >= 0.6 is 11.6 Å². The Bertz CT molecular complexity index is 469. The van der Waals surface area contributed by atoms with Gasteiger partial charge in [-0.1, -0.05) is 11.6 Å². The Labute approximate surface area is 86.7 Å². The van der Waals surface area contributed by atoms with Gasteiger partial charge in [-0.3, -0.25) is 0 Å². The van der Waals surface area contributed by atoms with Gasteiger partial charge in [0.2, 0.25) is 0 Å². The molecule has 74 valence electrons. The Morgan fingerprint density at radius 2 is 2.14 bits per heavy atom. The van der Waals surface area contributed by atoms with Gasteiger partial charge >= 0.3 is 0 Å². The molecule has 4 nitrogen and oxygen atoms in total. The largest absolute Gasteiger partial charge is 0.319 e. The van der Waals surface area contributed by atoms with Crippen LogP contribution in [-0.2, 0) is 5.54 Å². The van der Waals surface area contributed by atoms with Crippen LogP contribution in [0, 0.1) is 0 Å². The van der Waals surface area contributed by atoms with E-state index in [4.69, 9.17) is 17.3 Å². The summed E-state index contributed by atoms with van der Waals surface area (Å²) < 4.78 is 1.63. The summed E-state index contributed by atoms with van der Waals surface area (Å²) >= 11 is 5.82. The maximum absolute atomic E-state index is 5.89. The minimum Gasteiger partial charge on any atom is -0.319 e. The summed E-state index contributed by atoms with van der Waals surface area (Å²) in [7, 11) is 0. The summed E-state index contributed by atoms with van der Waals surface area (Å²) in [6.07, 6.45) is 1.71. The zero-order valence-corrected chi connectivity index (χ0v) is 8.78. The fraction of sp³-hybridized carbons (Fsp3) is 0.333. The van der Waals surface area contributed by atoms with Crippen molar-refractivity contribution in [2.24, 2.45) is 5.73 Å². The molecule has 2 aromatic heterocycles. The second-order valence-electron chi connectivity index (χ2n) is 3.81. The van der Waals surface area contributed by atoms with E-state index in [1.165, 1.54) is 0 Å².